The van der Waals surface area contributed by atoms with E-state index in [9.17, 15) is 9.90 Å². The number of aromatic carboxylic acids is 1. The van der Waals surface area contributed by atoms with Gasteiger partial charge in [0.15, 0.2) is 0 Å². The second-order valence-corrected chi connectivity index (χ2v) is 8.85. The normalized spacial score (nSPS) is 16.7. The second kappa shape index (κ2) is 8.99. The predicted octanol–water partition coefficient (Wildman–Crippen LogP) is 5.61. The Kier molecular flexibility index (Phi) is 5.71. The molecule has 4 aromatic carbocycles. The Balaban J connectivity index is 1.60. The maximum atomic E-state index is 11.8. The molecule has 0 radical (unpaired) electrons. The van der Waals surface area contributed by atoms with Crippen LogP contribution in [0.3, 0.4) is 0 Å². The van der Waals surface area contributed by atoms with Crippen molar-refractivity contribution in [3.63, 3.8) is 0 Å². The first-order chi connectivity index (χ1) is 16.9. The largest absolute Gasteiger partial charge is 0.478 e. The number of nitrogens with two attached hydrogens (primary N) is 2. The minimum absolute atomic E-state index is 0.0410. The van der Waals surface area contributed by atoms with Crippen LogP contribution in [-0.4, -0.2) is 16.9 Å². The zero-order chi connectivity index (χ0) is 24.5. The summed E-state index contributed by atoms with van der Waals surface area (Å²) in [5.74, 6) is -0.841. The van der Waals surface area contributed by atoms with E-state index in [0.29, 0.717) is 16.8 Å². The molecule has 6 nitrogen and oxygen atoms in total. The van der Waals surface area contributed by atoms with Crippen LogP contribution in [0.15, 0.2) is 91.0 Å². The number of anilines is 2. The Labute approximate surface area is 203 Å². The molecule has 0 amide bonds. The third-order valence-electron chi connectivity index (χ3n) is 6.59. The molecule has 0 fully saturated rings. The highest BCUT2D eigenvalue weighted by molar-refractivity contribution is 5.97. The fourth-order valence-corrected chi connectivity index (χ4v) is 4.93. The lowest BCUT2D eigenvalue weighted by atomic mass is 9.79. The van der Waals surface area contributed by atoms with Gasteiger partial charge in [0.25, 0.3) is 0 Å². The van der Waals surface area contributed by atoms with Gasteiger partial charge in [0.05, 0.1) is 11.6 Å². The summed E-state index contributed by atoms with van der Waals surface area (Å²) in [6.45, 7) is 0. The SMILES string of the molecule is N=C(N)c1ccc2c(c1)C(c1ccccc1)CC(c1cc(N)cc(-c3ccccc3C(=O)O)c1)N2. The van der Waals surface area contributed by atoms with Gasteiger partial charge in [0, 0.05) is 22.9 Å². The van der Waals surface area contributed by atoms with Crippen molar-refractivity contribution in [1.29, 1.82) is 5.41 Å². The minimum Gasteiger partial charge on any atom is -0.478 e. The van der Waals surface area contributed by atoms with Crippen LogP contribution in [0.25, 0.3) is 11.1 Å². The van der Waals surface area contributed by atoms with Crippen molar-refractivity contribution < 1.29 is 9.90 Å². The van der Waals surface area contributed by atoms with Gasteiger partial charge in [-0.2, -0.15) is 0 Å². The van der Waals surface area contributed by atoms with Gasteiger partial charge in [-0.15, -0.1) is 0 Å². The van der Waals surface area contributed by atoms with Crippen molar-refractivity contribution in [3.05, 3.63) is 119 Å². The molecule has 2 unspecified atom stereocenters. The summed E-state index contributed by atoms with van der Waals surface area (Å²) < 4.78 is 0. The number of carbonyl (C=O) groups is 1. The maximum Gasteiger partial charge on any atom is 0.336 e. The van der Waals surface area contributed by atoms with Gasteiger partial charge < -0.3 is 21.9 Å². The molecule has 1 aliphatic heterocycles. The van der Waals surface area contributed by atoms with Crippen molar-refractivity contribution in [2.24, 2.45) is 5.73 Å². The average molecular weight is 463 g/mol. The quantitative estimate of drug-likeness (QED) is 0.150. The molecule has 174 valence electrons. The number of amidine groups is 1. The third-order valence-corrected chi connectivity index (χ3v) is 6.59. The summed E-state index contributed by atoms with van der Waals surface area (Å²) in [6, 6.07) is 28.8. The number of rotatable bonds is 5. The van der Waals surface area contributed by atoms with Crippen LogP contribution in [0.5, 0.6) is 0 Å². The summed E-state index contributed by atoms with van der Waals surface area (Å²) in [5.41, 5.74) is 19.3. The zero-order valence-corrected chi connectivity index (χ0v) is 19.0. The Morgan fingerprint density at radius 2 is 1.66 bits per heavy atom. The van der Waals surface area contributed by atoms with Gasteiger partial charge in [-0.1, -0.05) is 48.5 Å². The molecule has 0 aliphatic carbocycles. The van der Waals surface area contributed by atoms with E-state index in [-0.39, 0.29) is 23.4 Å². The Morgan fingerprint density at radius 1 is 0.914 bits per heavy atom. The van der Waals surface area contributed by atoms with E-state index < -0.39 is 5.97 Å². The molecular formula is C29H26N4O2. The number of hydrogen-bond donors (Lipinski definition) is 5. The van der Waals surface area contributed by atoms with Crippen LogP contribution < -0.4 is 16.8 Å². The van der Waals surface area contributed by atoms with Crippen LogP contribution in [0.4, 0.5) is 11.4 Å². The summed E-state index contributed by atoms with van der Waals surface area (Å²) in [4.78, 5) is 11.8. The molecular weight excluding hydrogens is 436 g/mol. The standard InChI is InChI=1S/C29H26N4O2/c30-21-13-19(22-8-4-5-9-23(22)29(34)35)12-20(14-21)27-16-24(17-6-2-1-3-7-17)25-15-18(28(31)32)10-11-26(25)33-27/h1-15,24,27,33H,16,30H2,(H3,31,32)(H,34,35). The lowest BCUT2D eigenvalue weighted by Crippen LogP contribution is -2.23. The molecule has 0 spiro atoms. The van der Waals surface area contributed by atoms with Gasteiger partial charge >= 0.3 is 5.97 Å². The predicted molar refractivity (Wildman–Crippen MR) is 140 cm³/mol. The maximum absolute atomic E-state index is 11.8. The number of fused-ring (bicyclic) bond motifs is 1. The highest BCUT2D eigenvalue weighted by Gasteiger charge is 2.29. The highest BCUT2D eigenvalue weighted by Crippen LogP contribution is 2.45. The van der Waals surface area contributed by atoms with Gasteiger partial charge in [-0.25, -0.2) is 4.79 Å². The molecule has 6 heteroatoms. The lowest BCUT2D eigenvalue weighted by molar-refractivity contribution is 0.0697. The van der Waals surface area contributed by atoms with E-state index in [1.165, 1.54) is 5.56 Å². The molecule has 7 N–H and O–H groups in total. The monoisotopic (exact) mass is 462 g/mol. The number of hydrogen-bond acceptors (Lipinski definition) is 4. The molecule has 1 heterocycles. The first kappa shape index (κ1) is 22.2. The fraction of sp³-hybridized carbons (Fsp3) is 0.103. The molecule has 1 aliphatic rings. The van der Waals surface area contributed by atoms with Crippen LogP contribution in [0.1, 0.15) is 51.0 Å². The number of nitrogen functional groups attached to an aromatic ring is 2. The number of carboxylic acids is 1. The first-order valence-electron chi connectivity index (χ1n) is 11.4. The Morgan fingerprint density at radius 3 is 2.40 bits per heavy atom. The van der Waals surface area contributed by atoms with Gasteiger partial charge in [-0.05, 0) is 76.7 Å². The van der Waals surface area contributed by atoms with E-state index in [0.717, 1.165) is 28.8 Å². The van der Waals surface area contributed by atoms with Crippen molar-refractivity contribution >= 4 is 23.2 Å². The van der Waals surface area contributed by atoms with E-state index >= 15 is 0 Å². The first-order valence-corrected chi connectivity index (χ1v) is 11.4. The van der Waals surface area contributed by atoms with Crippen molar-refractivity contribution in [2.75, 3.05) is 11.1 Å². The van der Waals surface area contributed by atoms with E-state index in [4.69, 9.17) is 16.9 Å². The minimum atomic E-state index is -0.972. The molecule has 5 rings (SSSR count). The van der Waals surface area contributed by atoms with E-state index in [2.05, 4.69) is 17.4 Å². The Hall–Kier alpha value is -4.58. The van der Waals surface area contributed by atoms with Crippen molar-refractivity contribution in [1.82, 2.24) is 0 Å². The summed E-state index contributed by atoms with van der Waals surface area (Å²) >= 11 is 0. The highest BCUT2D eigenvalue weighted by atomic mass is 16.4. The summed E-state index contributed by atoms with van der Waals surface area (Å²) in [7, 11) is 0. The Bertz CT molecular complexity index is 1430. The molecule has 0 aromatic heterocycles. The molecule has 0 saturated heterocycles. The molecule has 0 bridgehead atoms. The lowest BCUT2D eigenvalue weighted by Gasteiger charge is -2.34. The molecule has 0 saturated carbocycles. The molecule has 2 atom stereocenters. The number of carboxylic acid groups (broad SMARTS) is 1. The van der Waals surface area contributed by atoms with Gasteiger partial charge in [0.2, 0.25) is 0 Å². The summed E-state index contributed by atoms with van der Waals surface area (Å²) in [5, 5.41) is 21.2. The van der Waals surface area contributed by atoms with Gasteiger partial charge in [0.1, 0.15) is 5.84 Å². The molecule has 35 heavy (non-hydrogen) atoms. The zero-order valence-electron chi connectivity index (χ0n) is 19.0. The van der Waals surface area contributed by atoms with Crippen LogP contribution in [0.2, 0.25) is 0 Å². The molecule has 4 aromatic rings. The van der Waals surface area contributed by atoms with Gasteiger partial charge in [-0.3, -0.25) is 5.41 Å². The number of benzene rings is 4. The summed E-state index contributed by atoms with van der Waals surface area (Å²) in [6.07, 6.45) is 0.766. The van der Waals surface area contributed by atoms with E-state index in [1.807, 2.05) is 66.7 Å². The third kappa shape index (κ3) is 4.34. The number of nitrogens with one attached hydrogen (secondary N) is 2. The average Bonchev–Trinajstić information content (AvgIpc) is 2.87. The fourth-order valence-electron chi connectivity index (χ4n) is 4.93. The van der Waals surface area contributed by atoms with Crippen molar-refractivity contribution in [2.45, 2.75) is 18.4 Å². The smallest absolute Gasteiger partial charge is 0.336 e. The van der Waals surface area contributed by atoms with Crippen LogP contribution in [-0.2, 0) is 0 Å². The van der Waals surface area contributed by atoms with Crippen molar-refractivity contribution in [3.8, 4) is 11.1 Å². The second-order valence-electron chi connectivity index (χ2n) is 8.85. The van der Waals surface area contributed by atoms with Crippen LogP contribution >= 0.6 is 0 Å². The van der Waals surface area contributed by atoms with E-state index in [1.54, 1.807) is 12.1 Å². The topological polar surface area (TPSA) is 125 Å². The van der Waals surface area contributed by atoms with Crippen LogP contribution in [0, 0.1) is 5.41 Å².